The van der Waals surface area contributed by atoms with Gasteiger partial charge in [-0.2, -0.15) is 5.26 Å². The second kappa shape index (κ2) is 10.4. The number of aromatic nitrogens is 1. The molecule has 2 heterocycles. The molecule has 1 unspecified atom stereocenters. The van der Waals surface area contributed by atoms with Gasteiger partial charge in [0, 0.05) is 38.5 Å². The van der Waals surface area contributed by atoms with E-state index in [2.05, 4.69) is 43.9 Å². The molecule has 0 N–H and O–H groups in total. The summed E-state index contributed by atoms with van der Waals surface area (Å²) in [6.07, 6.45) is 1.16. The largest absolute Gasteiger partial charge is 0.384 e. The van der Waals surface area contributed by atoms with E-state index in [1.165, 1.54) is 5.56 Å². The van der Waals surface area contributed by atoms with Gasteiger partial charge >= 0.3 is 0 Å². The number of benzene rings is 1. The topological polar surface area (TPSA) is 69.5 Å². The number of hydrogen-bond acceptors (Lipinski definition) is 5. The average Bonchev–Trinajstić information content (AvgIpc) is 2.77. The number of piperazine rings is 1. The molecule has 0 aliphatic carbocycles. The molecule has 3 rings (SSSR count). The minimum Gasteiger partial charge on any atom is -0.384 e. The molecule has 164 valence electrons. The van der Waals surface area contributed by atoms with Crippen molar-refractivity contribution >= 4 is 11.7 Å². The minimum absolute atomic E-state index is 0.0537. The summed E-state index contributed by atoms with van der Waals surface area (Å²) >= 11 is 0. The number of hydrogen-bond donors (Lipinski definition) is 0. The Morgan fingerprint density at radius 1 is 1.29 bits per heavy atom. The molecule has 0 spiro atoms. The molecule has 0 bridgehead atoms. The van der Waals surface area contributed by atoms with E-state index >= 15 is 0 Å². The summed E-state index contributed by atoms with van der Waals surface area (Å²) in [4.78, 5) is 21.5. The van der Waals surface area contributed by atoms with Gasteiger partial charge in [0.25, 0.3) is 0 Å². The van der Waals surface area contributed by atoms with Crippen molar-refractivity contribution in [2.75, 3.05) is 38.3 Å². The lowest BCUT2D eigenvalue weighted by molar-refractivity contribution is -0.134. The number of carbonyl (C=O) groups excluding carboxylic acids is 1. The average molecular weight is 421 g/mol. The van der Waals surface area contributed by atoms with Crippen molar-refractivity contribution in [2.45, 2.75) is 45.6 Å². The fraction of sp³-hybridized carbons (Fsp3) is 0.480. The van der Waals surface area contributed by atoms with E-state index in [1.54, 1.807) is 7.11 Å². The van der Waals surface area contributed by atoms with Crippen molar-refractivity contribution in [3.05, 3.63) is 58.8 Å². The highest BCUT2D eigenvalue weighted by molar-refractivity contribution is 5.77. The molecule has 1 aromatic heterocycles. The van der Waals surface area contributed by atoms with Gasteiger partial charge in [-0.15, -0.1) is 0 Å². The third-order valence-electron chi connectivity index (χ3n) is 5.79. The van der Waals surface area contributed by atoms with E-state index in [1.807, 2.05) is 29.2 Å². The van der Waals surface area contributed by atoms with Crippen LogP contribution in [0.4, 0.5) is 5.82 Å². The first kappa shape index (κ1) is 22.8. The van der Waals surface area contributed by atoms with Gasteiger partial charge in [-0.3, -0.25) is 4.79 Å². The Labute approximate surface area is 185 Å². The van der Waals surface area contributed by atoms with Crippen molar-refractivity contribution < 1.29 is 9.53 Å². The summed E-state index contributed by atoms with van der Waals surface area (Å²) < 4.78 is 5.04. The Morgan fingerprint density at radius 3 is 2.65 bits per heavy atom. The predicted octanol–water partition coefficient (Wildman–Crippen LogP) is 3.74. The molecule has 1 aliphatic heterocycles. The molecule has 0 radical (unpaired) electrons. The summed E-state index contributed by atoms with van der Waals surface area (Å²) in [5.74, 6) is 1.10. The number of methoxy groups -OCH3 is 1. The van der Waals surface area contributed by atoms with Gasteiger partial charge in [0.15, 0.2) is 0 Å². The molecule has 1 atom stereocenters. The third-order valence-corrected chi connectivity index (χ3v) is 5.79. The molecule has 1 amide bonds. The number of carbonyl (C=O) groups is 1. The third kappa shape index (κ3) is 5.42. The number of nitriles is 1. The second-order valence-corrected chi connectivity index (χ2v) is 8.46. The van der Waals surface area contributed by atoms with Gasteiger partial charge in [-0.25, -0.2) is 4.98 Å². The Kier molecular flexibility index (Phi) is 7.64. The molecule has 0 saturated carbocycles. The fourth-order valence-electron chi connectivity index (χ4n) is 4.19. The van der Waals surface area contributed by atoms with Crippen LogP contribution in [0.25, 0.3) is 0 Å². The van der Waals surface area contributed by atoms with Crippen LogP contribution in [0.2, 0.25) is 0 Å². The first-order chi connectivity index (χ1) is 14.9. The Balaban J connectivity index is 1.85. The van der Waals surface area contributed by atoms with Crippen LogP contribution in [0.5, 0.6) is 0 Å². The molecule has 1 fully saturated rings. The van der Waals surface area contributed by atoms with Crippen LogP contribution in [0.15, 0.2) is 36.4 Å². The molecule has 1 aromatic carbocycles. The molecule has 2 aromatic rings. The van der Waals surface area contributed by atoms with Crippen molar-refractivity contribution in [1.29, 1.82) is 5.26 Å². The minimum atomic E-state index is 0.0537. The number of rotatable bonds is 7. The monoisotopic (exact) mass is 420 g/mol. The lowest BCUT2D eigenvalue weighted by Crippen LogP contribution is -2.54. The summed E-state index contributed by atoms with van der Waals surface area (Å²) in [6.45, 7) is 8.72. The zero-order valence-corrected chi connectivity index (χ0v) is 19.0. The van der Waals surface area contributed by atoms with Crippen LogP contribution >= 0.6 is 0 Å². The zero-order chi connectivity index (χ0) is 22.4. The van der Waals surface area contributed by atoms with Crippen molar-refractivity contribution in [1.82, 2.24) is 9.88 Å². The van der Waals surface area contributed by atoms with E-state index in [0.717, 1.165) is 23.5 Å². The molecule has 6 heteroatoms. The maximum absolute atomic E-state index is 12.5. The normalized spacial score (nSPS) is 16.5. The number of nitrogens with zero attached hydrogens (tertiary/aromatic N) is 4. The van der Waals surface area contributed by atoms with Crippen LogP contribution in [0.3, 0.4) is 0 Å². The summed E-state index contributed by atoms with van der Waals surface area (Å²) in [5.41, 5.74) is 3.94. The predicted molar refractivity (Wildman–Crippen MR) is 122 cm³/mol. The zero-order valence-electron chi connectivity index (χ0n) is 19.0. The highest BCUT2D eigenvalue weighted by Gasteiger charge is 2.29. The molecule has 1 aliphatic rings. The van der Waals surface area contributed by atoms with Gasteiger partial charge < -0.3 is 14.5 Å². The number of ether oxygens (including phenoxy) is 1. The van der Waals surface area contributed by atoms with Crippen LogP contribution in [-0.2, 0) is 16.0 Å². The van der Waals surface area contributed by atoms with E-state index in [-0.39, 0.29) is 17.9 Å². The van der Waals surface area contributed by atoms with E-state index in [0.29, 0.717) is 38.2 Å². The van der Waals surface area contributed by atoms with Gasteiger partial charge in [-0.1, -0.05) is 44.2 Å². The van der Waals surface area contributed by atoms with Gasteiger partial charge in [0.1, 0.15) is 11.9 Å². The van der Waals surface area contributed by atoms with Gasteiger partial charge in [-0.05, 0) is 36.5 Å². The SMILES string of the molecule is COCCC(=O)N1CCN(c2nc(C(C)C)c(Cc3ccccc3)cc2C#N)CC1C. The van der Waals surface area contributed by atoms with Crippen LogP contribution in [0, 0.1) is 11.3 Å². The maximum atomic E-state index is 12.5. The lowest BCUT2D eigenvalue weighted by atomic mass is 9.96. The number of pyridine rings is 1. The van der Waals surface area contributed by atoms with Crippen molar-refractivity contribution in [3.8, 4) is 6.07 Å². The quantitative estimate of drug-likeness (QED) is 0.682. The maximum Gasteiger partial charge on any atom is 0.225 e. The molecular weight excluding hydrogens is 388 g/mol. The lowest BCUT2D eigenvalue weighted by Gasteiger charge is -2.41. The van der Waals surface area contributed by atoms with Gasteiger partial charge in [0.2, 0.25) is 5.91 Å². The Bertz CT molecular complexity index is 937. The van der Waals surface area contributed by atoms with E-state index in [4.69, 9.17) is 9.72 Å². The van der Waals surface area contributed by atoms with E-state index < -0.39 is 0 Å². The van der Waals surface area contributed by atoms with Crippen LogP contribution < -0.4 is 4.90 Å². The Hall–Kier alpha value is -2.91. The van der Waals surface area contributed by atoms with Crippen LogP contribution in [0.1, 0.15) is 55.5 Å². The van der Waals surface area contributed by atoms with Crippen molar-refractivity contribution in [2.24, 2.45) is 0 Å². The first-order valence-electron chi connectivity index (χ1n) is 11.0. The first-order valence-corrected chi connectivity index (χ1v) is 11.0. The number of amides is 1. The van der Waals surface area contributed by atoms with Crippen LogP contribution in [-0.4, -0.2) is 55.2 Å². The summed E-state index contributed by atoms with van der Waals surface area (Å²) in [6, 6.07) is 14.7. The van der Waals surface area contributed by atoms with E-state index in [9.17, 15) is 10.1 Å². The number of anilines is 1. The molecular formula is C25H32N4O2. The fourth-order valence-corrected chi connectivity index (χ4v) is 4.19. The van der Waals surface area contributed by atoms with Gasteiger partial charge in [0.05, 0.1) is 18.6 Å². The molecule has 1 saturated heterocycles. The van der Waals surface area contributed by atoms with Crippen molar-refractivity contribution in [3.63, 3.8) is 0 Å². The second-order valence-electron chi connectivity index (χ2n) is 8.46. The Morgan fingerprint density at radius 2 is 2.03 bits per heavy atom. The summed E-state index contributed by atoms with van der Waals surface area (Å²) in [7, 11) is 1.61. The highest BCUT2D eigenvalue weighted by Crippen LogP contribution is 2.29. The summed E-state index contributed by atoms with van der Waals surface area (Å²) in [5, 5.41) is 9.88. The smallest absolute Gasteiger partial charge is 0.225 e. The molecule has 6 nitrogen and oxygen atoms in total. The highest BCUT2D eigenvalue weighted by atomic mass is 16.5. The standard InChI is InChI=1S/C25H32N4O2/c1-18(2)24-21(14-20-8-6-5-7-9-20)15-22(16-26)25(27-24)28-11-12-29(19(3)17-28)23(30)10-13-31-4/h5-9,15,18-19H,10-14,17H2,1-4H3. The molecule has 31 heavy (non-hydrogen) atoms.